The van der Waals surface area contributed by atoms with Gasteiger partial charge in [0.05, 0.1) is 0 Å². The van der Waals surface area contributed by atoms with E-state index >= 15 is 0 Å². The van der Waals surface area contributed by atoms with E-state index in [0.717, 1.165) is 30.6 Å². The summed E-state index contributed by atoms with van der Waals surface area (Å²) < 4.78 is 13.0. The first-order valence-corrected chi connectivity index (χ1v) is 12.2. The molecule has 0 saturated heterocycles. The summed E-state index contributed by atoms with van der Waals surface area (Å²) in [4.78, 5) is 0. The molecular formula is C27H41F. The van der Waals surface area contributed by atoms with Gasteiger partial charge in [0.2, 0.25) is 0 Å². The predicted octanol–water partition coefficient (Wildman–Crippen LogP) is 8.65. The zero-order valence-corrected chi connectivity index (χ0v) is 18.1. The summed E-state index contributed by atoms with van der Waals surface area (Å²) in [7, 11) is 0. The number of benzene rings is 1. The van der Waals surface area contributed by atoms with Crippen LogP contribution in [0.1, 0.15) is 102 Å². The molecule has 1 aromatic rings. The highest BCUT2D eigenvalue weighted by Crippen LogP contribution is 2.41. The Morgan fingerprint density at radius 2 is 1.57 bits per heavy atom. The average Bonchev–Trinajstić information content (AvgIpc) is 2.74. The van der Waals surface area contributed by atoms with Crippen LogP contribution in [-0.4, -0.2) is 0 Å². The van der Waals surface area contributed by atoms with Crippen molar-refractivity contribution in [2.24, 2.45) is 17.8 Å². The fourth-order valence-electron chi connectivity index (χ4n) is 5.50. The van der Waals surface area contributed by atoms with E-state index in [1.807, 2.05) is 12.1 Å². The minimum atomic E-state index is -0.130. The Kier molecular flexibility index (Phi) is 9.09. The number of unbranched alkanes of at least 4 members (excludes halogenated alkanes) is 4. The van der Waals surface area contributed by atoms with E-state index in [0.29, 0.717) is 0 Å². The van der Waals surface area contributed by atoms with Gasteiger partial charge in [0, 0.05) is 0 Å². The molecule has 1 fully saturated rings. The quantitative estimate of drug-likeness (QED) is 0.279. The van der Waals surface area contributed by atoms with E-state index < -0.39 is 0 Å². The Hall–Kier alpha value is -1.11. The first-order valence-electron chi connectivity index (χ1n) is 12.2. The Morgan fingerprint density at radius 3 is 2.25 bits per heavy atom. The number of hydrogen-bond donors (Lipinski definition) is 0. The average molecular weight is 385 g/mol. The monoisotopic (exact) mass is 384 g/mol. The molecule has 0 N–H and O–H groups in total. The summed E-state index contributed by atoms with van der Waals surface area (Å²) in [6, 6.07) is 7.04. The highest BCUT2D eigenvalue weighted by molar-refractivity contribution is 5.18. The van der Waals surface area contributed by atoms with Gasteiger partial charge in [-0.25, -0.2) is 4.39 Å². The van der Waals surface area contributed by atoms with Crippen molar-refractivity contribution in [1.29, 1.82) is 0 Å². The molecule has 0 radical (unpaired) electrons. The van der Waals surface area contributed by atoms with Crippen molar-refractivity contribution in [3.05, 3.63) is 47.3 Å². The summed E-state index contributed by atoms with van der Waals surface area (Å²) >= 11 is 0. The molecule has 1 atom stereocenters. The van der Waals surface area contributed by atoms with Crippen molar-refractivity contribution in [2.45, 2.75) is 103 Å². The molecule has 2 aliphatic carbocycles. The van der Waals surface area contributed by atoms with Crippen LogP contribution in [0.2, 0.25) is 0 Å². The lowest BCUT2D eigenvalue weighted by Crippen LogP contribution is -2.23. The van der Waals surface area contributed by atoms with E-state index in [9.17, 15) is 4.39 Å². The predicted molar refractivity (Wildman–Crippen MR) is 119 cm³/mol. The smallest absolute Gasteiger partial charge is 0.123 e. The first kappa shape index (κ1) is 21.6. The summed E-state index contributed by atoms with van der Waals surface area (Å²) in [6.45, 7) is 2.30. The molecule has 0 spiro atoms. The summed E-state index contributed by atoms with van der Waals surface area (Å²) in [5.74, 6) is 2.84. The Morgan fingerprint density at radius 1 is 0.821 bits per heavy atom. The summed E-state index contributed by atoms with van der Waals surface area (Å²) in [5, 5.41) is 0. The maximum absolute atomic E-state index is 13.0. The number of rotatable bonds is 10. The number of aryl methyl sites for hydroxylation is 1. The molecule has 0 aromatic heterocycles. The van der Waals surface area contributed by atoms with Gasteiger partial charge in [0.25, 0.3) is 0 Å². The third kappa shape index (κ3) is 7.05. The second-order valence-corrected chi connectivity index (χ2v) is 9.51. The van der Waals surface area contributed by atoms with Crippen LogP contribution in [-0.2, 0) is 6.42 Å². The largest absolute Gasteiger partial charge is 0.207 e. The third-order valence-electron chi connectivity index (χ3n) is 7.47. The van der Waals surface area contributed by atoms with Crippen molar-refractivity contribution in [3.63, 3.8) is 0 Å². The van der Waals surface area contributed by atoms with Gasteiger partial charge in [-0.2, -0.15) is 0 Å². The van der Waals surface area contributed by atoms with Gasteiger partial charge in [0.1, 0.15) is 5.82 Å². The van der Waals surface area contributed by atoms with Gasteiger partial charge in [-0.1, -0.05) is 82.1 Å². The van der Waals surface area contributed by atoms with Gasteiger partial charge in [-0.3, -0.25) is 0 Å². The van der Waals surface area contributed by atoms with Crippen LogP contribution >= 0.6 is 0 Å². The fraction of sp³-hybridized carbons (Fsp3) is 0.704. The molecule has 1 unspecified atom stereocenters. The van der Waals surface area contributed by atoms with E-state index in [2.05, 4.69) is 13.0 Å². The van der Waals surface area contributed by atoms with Gasteiger partial charge in [-0.05, 0) is 80.4 Å². The first-order chi connectivity index (χ1) is 13.7. The lowest BCUT2D eigenvalue weighted by Gasteiger charge is -2.35. The number of halogens is 1. The third-order valence-corrected chi connectivity index (χ3v) is 7.47. The van der Waals surface area contributed by atoms with Crippen LogP contribution in [0, 0.1) is 23.6 Å². The molecule has 2 aliphatic rings. The molecular weight excluding hydrogens is 343 g/mol. The van der Waals surface area contributed by atoms with E-state index in [4.69, 9.17) is 0 Å². The van der Waals surface area contributed by atoms with Crippen LogP contribution in [0.3, 0.4) is 0 Å². The zero-order chi connectivity index (χ0) is 19.6. The minimum absolute atomic E-state index is 0.130. The zero-order valence-electron chi connectivity index (χ0n) is 18.1. The van der Waals surface area contributed by atoms with Crippen molar-refractivity contribution in [1.82, 2.24) is 0 Å². The summed E-state index contributed by atoms with van der Waals surface area (Å²) in [5.41, 5.74) is 2.90. The highest BCUT2D eigenvalue weighted by atomic mass is 19.1. The number of hydrogen-bond acceptors (Lipinski definition) is 0. The molecule has 1 heteroatoms. The molecule has 156 valence electrons. The maximum atomic E-state index is 13.0. The Labute approximate surface area is 173 Å². The SMILES string of the molecule is CCCCCCC[C@H]1CC[C@H](C2CC=C(CCc3ccc(F)cc3)CC2)CC1. The molecule has 0 bridgehead atoms. The Bertz CT molecular complexity index is 577. The van der Waals surface area contributed by atoms with Gasteiger partial charge in [0.15, 0.2) is 0 Å². The lowest BCUT2D eigenvalue weighted by molar-refractivity contribution is 0.185. The molecule has 28 heavy (non-hydrogen) atoms. The second kappa shape index (κ2) is 11.8. The van der Waals surface area contributed by atoms with Crippen LogP contribution in [0.5, 0.6) is 0 Å². The standard InChI is InChI=1S/C27H41F/c1-2-3-4-5-6-7-22-10-16-25(17-11-22)26-18-12-23(13-19-26)8-9-24-14-20-27(28)21-15-24/h12,14-15,20-22,25-26H,2-11,13,16-19H2,1H3/t22-,25-,26?. The van der Waals surface area contributed by atoms with Crippen LogP contribution in [0.4, 0.5) is 4.39 Å². The van der Waals surface area contributed by atoms with E-state index in [1.165, 1.54) is 89.0 Å². The minimum Gasteiger partial charge on any atom is -0.207 e. The molecule has 0 nitrogen and oxygen atoms in total. The Balaban J connectivity index is 1.32. The maximum Gasteiger partial charge on any atom is 0.123 e. The van der Waals surface area contributed by atoms with Crippen LogP contribution in [0.15, 0.2) is 35.9 Å². The van der Waals surface area contributed by atoms with Crippen molar-refractivity contribution in [2.75, 3.05) is 0 Å². The van der Waals surface area contributed by atoms with Crippen molar-refractivity contribution in [3.8, 4) is 0 Å². The molecule has 0 aliphatic heterocycles. The topological polar surface area (TPSA) is 0 Å². The fourth-order valence-corrected chi connectivity index (χ4v) is 5.50. The number of allylic oxidation sites excluding steroid dienone is 2. The molecule has 1 aromatic carbocycles. The van der Waals surface area contributed by atoms with Crippen LogP contribution in [0.25, 0.3) is 0 Å². The highest BCUT2D eigenvalue weighted by Gasteiger charge is 2.28. The molecule has 0 amide bonds. The summed E-state index contributed by atoms with van der Waals surface area (Å²) in [6.07, 6.45) is 23.4. The molecule has 3 rings (SSSR count). The molecule has 1 saturated carbocycles. The van der Waals surface area contributed by atoms with Crippen LogP contribution < -0.4 is 0 Å². The van der Waals surface area contributed by atoms with Crippen molar-refractivity contribution >= 4 is 0 Å². The van der Waals surface area contributed by atoms with Crippen molar-refractivity contribution < 1.29 is 4.39 Å². The van der Waals surface area contributed by atoms with Gasteiger partial charge in [-0.15, -0.1) is 0 Å². The molecule has 0 heterocycles. The lowest BCUT2D eigenvalue weighted by atomic mass is 9.70. The second-order valence-electron chi connectivity index (χ2n) is 9.51. The van der Waals surface area contributed by atoms with Gasteiger partial charge < -0.3 is 0 Å². The van der Waals surface area contributed by atoms with E-state index in [1.54, 1.807) is 17.7 Å². The normalized spacial score (nSPS) is 25.5. The van der Waals surface area contributed by atoms with E-state index in [-0.39, 0.29) is 5.82 Å². The van der Waals surface area contributed by atoms with Gasteiger partial charge >= 0.3 is 0 Å².